The molecule has 1 unspecified atom stereocenters. The minimum absolute atomic E-state index is 0.673. The highest BCUT2D eigenvalue weighted by atomic mass is 32.1. The SMILES string of the molecule is CCC(CNC)Cc1nc(-c2ccncc2)cs1. The summed E-state index contributed by atoms with van der Waals surface area (Å²) in [4.78, 5) is 8.74. The maximum atomic E-state index is 4.71. The van der Waals surface area contributed by atoms with Crippen LogP contribution in [0.2, 0.25) is 0 Å². The minimum atomic E-state index is 0.673. The van der Waals surface area contributed by atoms with E-state index in [0.29, 0.717) is 5.92 Å². The van der Waals surface area contributed by atoms with Gasteiger partial charge >= 0.3 is 0 Å². The van der Waals surface area contributed by atoms with E-state index in [1.54, 1.807) is 11.3 Å². The third-order valence-electron chi connectivity index (χ3n) is 3.06. The van der Waals surface area contributed by atoms with Crippen LogP contribution in [0.1, 0.15) is 18.4 Å². The molecule has 0 bridgehead atoms. The van der Waals surface area contributed by atoms with Gasteiger partial charge in [-0.2, -0.15) is 0 Å². The van der Waals surface area contributed by atoms with E-state index in [4.69, 9.17) is 4.98 Å². The van der Waals surface area contributed by atoms with Crippen molar-refractivity contribution in [3.8, 4) is 11.3 Å². The van der Waals surface area contributed by atoms with E-state index in [9.17, 15) is 0 Å². The van der Waals surface area contributed by atoms with Gasteiger partial charge in [0.05, 0.1) is 10.7 Å². The Kier molecular flexibility index (Phi) is 4.84. The largest absolute Gasteiger partial charge is 0.319 e. The predicted molar refractivity (Wildman–Crippen MR) is 76.8 cm³/mol. The smallest absolute Gasteiger partial charge is 0.0935 e. The van der Waals surface area contributed by atoms with Crippen LogP contribution in [0, 0.1) is 5.92 Å². The van der Waals surface area contributed by atoms with E-state index >= 15 is 0 Å². The van der Waals surface area contributed by atoms with Crippen molar-refractivity contribution in [3.05, 3.63) is 34.9 Å². The molecule has 0 aromatic carbocycles. The molecule has 0 amide bonds. The summed E-state index contributed by atoms with van der Waals surface area (Å²) in [5, 5.41) is 6.61. The maximum absolute atomic E-state index is 4.71. The zero-order valence-corrected chi connectivity index (χ0v) is 11.7. The Bertz CT molecular complexity index is 467. The second-order valence-corrected chi connectivity index (χ2v) is 5.34. The number of hydrogen-bond acceptors (Lipinski definition) is 4. The standard InChI is InChI=1S/C14H19N3S/c1-3-11(9-15-2)8-14-17-13(10-18-14)12-4-6-16-7-5-12/h4-7,10-11,15H,3,8-9H2,1-2H3. The van der Waals surface area contributed by atoms with E-state index in [1.807, 2.05) is 31.6 Å². The number of thiazole rings is 1. The number of nitrogens with zero attached hydrogens (tertiary/aromatic N) is 2. The van der Waals surface area contributed by atoms with Crippen molar-refractivity contribution in [2.45, 2.75) is 19.8 Å². The van der Waals surface area contributed by atoms with Gasteiger partial charge < -0.3 is 5.32 Å². The van der Waals surface area contributed by atoms with Gasteiger partial charge in [-0.15, -0.1) is 11.3 Å². The highest BCUT2D eigenvalue weighted by molar-refractivity contribution is 7.09. The quantitative estimate of drug-likeness (QED) is 0.868. The Labute approximate surface area is 112 Å². The van der Waals surface area contributed by atoms with Crippen molar-refractivity contribution in [2.75, 3.05) is 13.6 Å². The first-order valence-corrected chi connectivity index (χ1v) is 7.20. The average Bonchev–Trinajstić information content (AvgIpc) is 2.88. The molecule has 18 heavy (non-hydrogen) atoms. The molecule has 0 aliphatic heterocycles. The summed E-state index contributed by atoms with van der Waals surface area (Å²) >= 11 is 1.75. The van der Waals surface area contributed by atoms with Crippen molar-refractivity contribution in [1.29, 1.82) is 0 Å². The topological polar surface area (TPSA) is 37.8 Å². The molecule has 2 aromatic rings. The molecule has 2 rings (SSSR count). The molecular formula is C14H19N3S. The Hall–Kier alpha value is -1.26. The number of aromatic nitrogens is 2. The summed E-state index contributed by atoms with van der Waals surface area (Å²) in [6.07, 6.45) is 5.87. The zero-order valence-electron chi connectivity index (χ0n) is 10.9. The normalized spacial score (nSPS) is 12.6. The Morgan fingerprint density at radius 2 is 2.11 bits per heavy atom. The molecule has 3 nitrogen and oxygen atoms in total. The van der Waals surface area contributed by atoms with Crippen LogP contribution < -0.4 is 5.32 Å². The van der Waals surface area contributed by atoms with Crippen molar-refractivity contribution in [3.63, 3.8) is 0 Å². The molecular weight excluding hydrogens is 242 g/mol. The van der Waals surface area contributed by atoms with Gasteiger partial charge in [0.15, 0.2) is 0 Å². The van der Waals surface area contributed by atoms with Crippen LogP contribution in [0.15, 0.2) is 29.9 Å². The first kappa shape index (κ1) is 13.2. The molecule has 0 radical (unpaired) electrons. The van der Waals surface area contributed by atoms with E-state index in [-0.39, 0.29) is 0 Å². The molecule has 4 heteroatoms. The monoisotopic (exact) mass is 261 g/mol. The summed E-state index contributed by atoms with van der Waals surface area (Å²) in [5.41, 5.74) is 2.21. The van der Waals surface area contributed by atoms with Crippen LogP contribution in [0.5, 0.6) is 0 Å². The van der Waals surface area contributed by atoms with Gasteiger partial charge in [0.25, 0.3) is 0 Å². The first-order valence-electron chi connectivity index (χ1n) is 6.33. The lowest BCUT2D eigenvalue weighted by Gasteiger charge is -2.11. The van der Waals surface area contributed by atoms with E-state index in [2.05, 4.69) is 22.6 Å². The lowest BCUT2D eigenvalue weighted by atomic mass is 10.0. The maximum Gasteiger partial charge on any atom is 0.0935 e. The van der Waals surface area contributed by atoms with Gasteiger partial charge in [-0.25, -0.2) is 4.98 Å². The summed E-state index contributed by atoms with van der Waals surface area (Å²) in [6.45, 7) is 3.29. The zero-order chi connectivity index (χ0) is 12.8. The molecule has 0 spiro atoms. The average molecular weight is 261 g/mol. The molecule has 2 heterocycles. The predicted octanol–water partition coefficient (Wildman–Crippen LogP) is 2.99. The van der Waals surface area contributed by atoms with Crippen LogP contribution >= 0.6 is 11.3 Å². The minimum Gasteiger partial charge on any atom is -0.319 e. The fourth-order valence-corrected chi connectivity index (χ4v) is 2.88. The summed E-state index contributed by atoms with van der Waals surface area (Å²) in [5.74, 6) is 0.673. The van der Waals surface area contributed by atoms with Gasteiger partial charge in [-0.3, -0.25) is 4.98 Å². The van der Waals surface area contributed by atoms with Gasteiger partial charge in [-0.05, 0) is 31.6 Å². The first-order chi connectivity index (χ1) is 8.83. The third-order valence-corrected chi connectivity index (χ3v) is 3.93. The molecule has 0 aliphatic rings. The van der Waals surface area contributed by atoms with Crippen LogP contribution in [0.25, 0.3) is 11.3 Å². The Morgan fingerprint density at radius 3 is 2.78 bits per heavy atom. The lowest BCUT2D eigenvalue weighted by Crippen LogP contribution is -2.19. The van der Waals surface area contributed by atoms with E-state index in [1.165, 1.54) is 11.4 Å². The highest BCUT2D eigenvalue weighted by Gasteiger charge is 2.10. The van der Waals surface area contributed by atoms with Crippen molar-refractivity contribution < 1.29 is 0 Å². The molecule has 1 atom stereocenters. The Morgan fingerprint density at radius 1 is 1.33 bits per heavy atom. The summed E-state index contributed by atoms with van der Waals surface area (Å²) in [6, 6.07) is 4.01. The van der Waals surface area contributed by atoms with E-state index < -0.39 is 0 Å². The van der Waals surface area contributed by atoms with Gasteiger partial charge in [-0.1, -0.05) is 13.3 Å². The van der Waals surface area contributed by atoms with Crippen LogP contribution in [0.4, 0.5) is 0 Å². The van der Waals surface area contributed by atoms with Crippen LogP contribution in [-0.4, -0.2) is 23.6 Å². The van der Waals surface area contributed by atoms with Crippen molar-refractivity contribution in [1.82, 2.24) is 15.3 Å². The molecule has 0 fully saturated rings. The van der Waals surface area contributed by atoms with Crippen LogP contribution in [-0.2, 0) is 6.42 Å². The third kappa shape index (κ3) is 3.37. The molecule has 0 saturated carbocycles. The van der Waals surface area contributed by atoms with E-state index in [0.717, 1.165) is 24.2 Å². The van der Waals surface area contributed by atoms with Gasteiger partial charge in [0.1, 0.15) is 0 Å². The van der Waals surface area contributed by atoms with Gasteiger partial charge in [0, 0.05) is 29.8 Å². The summed E-state index contributed by atoms with van der Waals surface area (Å²) < 4.78 is 0. The fraction of sp³-hybridized carbons (Fsp3) is 0.429. The number of hydrogen-bond donors (Lipinski definition) is 1. The molecule has 1 N–H and O–H groups in total. The van der Waals surface area contributed by atoms with Crippen molar-refractivity contribution >= 4 is 11.3 Å². The highest BCUT2D eigenvalue weighted by Crippen LogP contribution is 2.23. The molecule has 0 saturated heterocycles. The lowest BCUT2D eigenvalue weighted by molar-refractivity contribution is 0.480. The molecule has 0 aliphatic carbocycles. The number of pyridine rings is 1. The number of nitrogens with one attached hydrogen (secondary N) is 1. The fourth-order valence-electron chi connectivity index (χ4n) is 1.96. The van der Waals surface area contributed by atoms with Gasteiger partial charge in [0.2, 0.25) is 0 Å². The molecule has 96 valence electrons. The van der Waals surface area contributed by atoms with Crippen LogP contribution in [0.3, 0.4) is 0 Å². The molecule has 2 aromatic heterocycles. The number of rotatable bonds is 6. The summed E-state index contributed by atoms with van der Waals surface area (Å²) in [7, 11) is 2.01. The second kappa shape index (κ2) is 6.61. The second-order valence-electron chi connectivity index (χ2n) is 4.40. The van der Waals surface area contributed by atoms with Crippen molar-refractivity contribution in [2.24, 2.45) is 5.92 Å². The Balaban J connectivity index is 2.06.